The van der Waals surface area contributed by atoms with Crippen molar-refractivity contribution in [3.8, 4) is 17.4 Å². The molecule has 5 heteroatoms. The topological polar surface area (TPSA) is 70.3 Å². The van der Waals surface area contributed by atoms with Gasteiger partial charge in [0.25, 0.3) is 5.88 Å². The van der Waals surface area contributed by atoms with Crippen molar-refractivity contribution in [2.24, 2.45) is 0 Å². The van der Waals surface area contributed by atoms with Crippen LogP contribution in [0.25, 0.3) is 0 Å². The van der Waals surface area contributed by atoms with Gasteiger partial charge in [0, 0.05) is 12.4 Å². The Morgan fingerprint density at radius 2 is 1.71 bits per heavy atom. The monoisotopic (exact) mass is 231 g/mol. The lowest BCUT2D eigenvalue weighted by Gasteiger charge is -2.07. The summed E-state index contributed by atoms with van der Waals surface area (Å²) in [5, 5.41) is 0. The van der Waals surface area contributed by atoms with Crippen LogP contribution in [0.3, 0.4) is 0 Å². The number of nitrogens with zero attached hydrogens (tertiary/aromatic N) is 2. The molecular weight excluding hydrogens is 218 g/mol. The van der Waals surface area contributed by atoms with Gasteiger partial charge in [-0.25, -0.2) is 9.97 Å². The summed E-state index contributed by atoms with van der Waals surface area (Å²) in [6.07, 6.45) is 3.04. The number of aromatic nitrogens is 2. The molecule has 2 N–H and O–H groups in total. The van der Waals surface area contributed by atoms with Crippen LogP contribution in [0.2, 0.25) is 0 Å². The first-order chi connectivity index (χ1) is 8.29. The normalized spacial score (nSPS) is 9.94. The first-order valence-electron chi connectivity index (χ1n) is 5.27. The third-order valence-corrected chi connectivity index (χ3v) is 2.04. The molecular formula is C12H13N3O2. The molecule has 5 nitrogen and oxygen atoms in total. The van der Waals surface area contributed by atoms with Crippen molar-refractivity contribution >= 4 is 5.82 Å². The van der Waals surface area contributed by atoms with Crippen molar-refractivity contribution in [2.45, 2.75) is 6.92 Å². The summed E-state index contributed by atoms with van der Waals surface area (Å²) >= 11 is 0. The fourth-order valence-electron chi connectivity index (χ4n) is 1.30. The van der Waals surface area contributed by atoms with Gasteiger partial charge in [0.2, 0.25) is 0 Å². The molecule has 1 heterocycles. The smallest absolute Gasteiger partial charge is 0.262 e. The Labute approximate surface area is 99.2 Å². The number of hydrogen-bond donors (Lipinski definition) is 1. The molecule has 0 radical (unpaired) electrons. The van der Waals surface area contributed by atoms with E-state index in [0.717, 1.165) is 5.75 Å². The second kappa shape index (κ2) is 5.16. The quantitative estimate of drug-likeness (QED) is 0.873. The molecule has 1 aromatic heterocycles. The highest BCUT2D eigenvalue weighted by molar-refractivity contribution is 5.42. The van der Waals surface area contributed by atoms with Crippen LogP contribution >= 0.6 is 0 Å². The van der Waals surface area contributed by atoms with Crippen LogP contribution in [0.15, 0.2) is 36.7 Å². The van der Waals surface area contributed by atoms with E-state index in [1.54, 1.807) is 12.1 Å². The number of nitrogen functional groups attached to an aromatic ring is 1. The summed E-state index contributed by atoms with van der Waals surface area (Å²) in [7, 11) is 0. The van der Waals surface area contributed by atoms with Crippen LogP contribution in [0, 0.1) is 0 Å². The Morgan fingerprint density at radius 3 is 2.35 bits per heavy atom. The van der Waals surface area contributed by atoms with Gasteiger partial charge in [-0.2, -0.15) is 0 Å². The molecule has 0 bridgehead atoms. The van der Waals surface area contributed by atoms with E-state index in [0.29, 0.717) is 18.2 Å². The van der Waals surface area contributed by atoms with Crippen LogP contribution in [0.5, 0.6) is 17.4 Å². The zero-order chi connectivity index (χ0) is 12.1. The number of hydrogen-bond acceptors (Lipinski definition) is 5. The summed E-state index contributed by atoms with van der Waals surface area (Å²) in [4.78, 5) is 7.88. The number of nitrogens with two attached hydrogens (primary N) is 1. The fourth-order valence-corrected chi connectivity index (χ4v) is 1.30. The summed E-state index contributed by atoms with van der Waals surface area (Å²) in [6, 6.07) is 7.23. The van der Waals surface area contributed by atoms with Crippen LogP contribution in [0.1, 0.15) is 6.92 Å². The van der Waals surface area contributed by atoms with Gasteiger partial charge in [-0.1, -0.05) is 0 Å². The lowest BCUT2D eigenvalue weighted by Crippen LogP contribution is -1.97. The molecule has 2 rings (SSSR count). The third-order valence-electron chi connectivity index (χ3n) is 2.04. The molecule has 0 aliphatic heterocycles. The van der Waals surface area contributed by atoms with Gasteiger partial charge in [-0.05, 0) is 31.2 Å². The molecule has 2 aromatic rings. The van der Waals surface area contributed by atoms with E-state index in [2.05, 4.69) is 9.97 Å². The van der Waals surface area contributed by atoms with E-state index in [9.17, 15) is 0 Å². The minimum atomic E-state index is 0.265. The second-order valence-electron chi connectivity index (χ2n) is 3.25. The van der Waals surface area contributed by atoms with Gasteiger partial charge in [0.05, 0.1) is 6.61 Å². The second-order valence-corrected chi connectivity index (χ2v) is 3.25. The summed E-state index contributed by atoms with van der Waals surface area (Å²) < 4.78 is 10.8. The maximum absolute atomic E-state index is 5.62. The Bertz CT molecular complexity index is 485. The molecule has 0 atom stereocenters. The van der Waals surface area contributed by atoms with Crippen molar-refractivity contribution in [3.63, 3.8) is 0 Å². The summed E-state index contributed by atoms with van der Waals surface area (Å²) in [5.74, 6) is 2.01. The van der Waals surface area contributed by atoms with Crippen LogP contribution in [0.4, 0.5) is 5.82 Å². The van der Waals surface area contributed by atoms with E-state index >= 15 is 0 Å². The largest absolute Gasteiger partial charge is 0.494 e. The van der Waals surface area contributed by atoms with Gasteiger partial charge >= 0.3 is 0 Å². The molecule has 0 aliphatic rings. The van der Waals surface area contributed by atoms with Gasteiger partial charge in [-0.3, -0.25) is 0 Å². The third kappa shape index (κ3) is 2.84. The van der Waals surface area contributed by atoms with Gasteiger partial charge in [0.15, 0.2) is 5.82 Å². The lowest BCUT2D eigenvalue weighted by molar-refractivity contribution is 0.339. The van der Waals surface area contributed by atoms with Gasteiger partial charge < -0.3 is 15.2 Å². The number of anilines is 1. The molecule has 0 saturated carbocycles. The van der Waals surface area contributed by atoms with Crippen LogP contribution < -0.4 is 15.2 Å². The average Bonchev–Trinajstić information content (AvgIpc) is 2.35. The molecule has 0 unspecified atom stereocenters. The maximum atomic E-state index is 5.62. The molecule has 17 heavy (non-hydrogen) atoms. The zero-order valence-corrected chi connectivity index (χ0v) is 9.46. The predicted octanol–water partition coefficient (Wildman–Crippen LogP) is 2.25. The SMILES string of the molecule is CCOc1ccc(Oc2nccnc2N)cc1. The van der Waals surface area contributed by atoms with Crippen molar-refractivity contribution in [1.82, 2.24) is 9.97 Å². The van der Waals surface area contributed by atoms with Crippen molar-refractivity contribution in [1.29, 1.82) is 0 Å². The van der Waals surface area contributed by atoms with Gasteiger partial charge in [-0.15, -0.1) is 0 Å². The zero-order valence-electron chi connectivity index (χ0n) is 9.46. The molecule has 0 amide bonds. The van der Waals surface area contributed by atoms with Crippen LogP contribution in [-0.4, -0.2) is 16.6 Å². The van der Waals surface area contributed by atoms with Crippen molar-refractivity contribution < 1.29 is 9.47 Å². The first-order valence-corrected chi connectivity index (χ1v) is 5.27. The van der Waals surface area contributed by atoms with E-state index < -0.39 is 0 Å². The summed E-state index contributed by atoms with van der Waals surface area (Å²) in [6.45, 7) is 2.57. The Kier molecular flexibility index (Phi) is 3.40. The highest BCUT2D eigenvalue weighted by Crippen LogP contribution is 2.24. The molecule has 0 aliphatic carbocycles. The average molecular weight is 231 g/mol. The highest BCUT2D eigenvalue weighted by atomic mass is 16.5. The Hall–Kier alpha value is -2.30. The van der Waals surface area contributed by atoms with E-state index in [4.69, 9.17) is 15.2 Å². The molecule has 1 aromatic carbocycles. The molecule has 0 fully saturated rings. The van der Waals surface area contributed by atoms with Crippen molar-refractivity contribution in [2.75, 3.05) is 12.3 Å². The molecule has 88 valence electrons. The van der Waals surface area contributed by atoms with E-state index in [-0.39, 0.29) is 5.82 Å². The number of rotatable bonds is 4. The predicted molar refractivity (Wildman–Crippen MR) is 64.1 cm³/mol. The molecule has 0 saturated heterocycles. The highest BCUT2D eigenvalue weighted by Gasteiger charge is 2.03. The standard InChI is InChI=1S/C12H13N3O2/c1-2-16-9-3-5-10(6-4-9)17-12-11(13)14-7-8-15-12/h3-8H,2H2,1H3,(H2,13,14). The molecule has 0 spiro atoms. The Morgan fingerprint density at radius 1 is 1.06 bits per heavy atom. The fraction of sp³-hybridized carbons (Fsp3) is 0.167. The van der Waals surface area contributed by atoms with Gasteiger partial charge in [0.1, 0.15) is 11.5 Å². The minimum Gasteiger partial charge on any atom is -0.494 e. The first kappa shape index (κ1) is 11.2. The number of ether oxygens (including phenoxy) is 2. The maximum Gasteiger partial charge on any atom is 0.262 e. The summed E-state index contributed by atoms with van der Waals surface area (Å²) in [5.41, 5.74) is 5.62. The lowest BCUT2D eigenvalue weighted by atomic mass is 10.3. The minimum absolute atomic E-state index is 0.265. The van der Waals surface area contributed by atoms with E-state index in [1.807, 2.05) is 19.1 Å². The van der Waals surface area contributed by atoms with Crippen LogP contribution in [-0.2, 0) is 0 Å². The number of benzene rings is 1. The Balaban J connectivity index is 2.11. The van der Waals surface area contributed by atoms with Crippen molar-refractivity contribution in [3.05, 3.63) is 36.7 Å². The van der Waals surface area contributed by atoms with E-state index in [1.165, 1.54) is 12.4 Å².